The van der Waals surface area contributed by atoms with Gasteiger partial charge in [-0.1, -0.05) is 42.8 Å². The van der Waals surface area contributed by atoms with Crippen LogP contribution in [-0.4, -0.2) is 33.1 Å². The van der Waals surface area contributed by atoms with Crippen LogP contribution < -0.4 is 5.32 Å². The SMILES string of the molecule is CCc1ccccc1-n1c(C)cc(/C=C2\SC(=O)N(CC(=O)Nc3ccc(C)cc3C)C2=O)c1C. The van der Waals surface area contributed by atoms with E-state index in [-0.39, 0.29) is 6.54 Å². The summed E-state index contributed by atoms with van der Waals surface area (Å²) in [7, 11) is 0. The summed E-state index contributed by atoms with van der Waals surface area (Å²) in [4.78, 5) is 39.5. The number of nitrogens with zero attached hydrogens (tertiary/aromatic N) is 2. The number of nitrogens with one attached hydrogen (secondary N) is 1. The van der Waals surface area contributed by atoms with Gasteiger partial charge in [-0.25, -0.2) is 0 Å². The highest BCUT2D eigenvalue weighted by Gasteiger charge is 2.36. The standard InChI is InChI=1S/C28H29N3O3S/c1-6-21-9-7-8-10-24(21)31-19(4)14-22(20(31)5)15-25-27(33)30(28(34)35-25)16-26(32)29-23-12-11-17(2)13-18(23)3/h7-15H,6,16H2,1-5H3,(H,29,32)/b25-15-. The van der Waals surface area contributed by atoms with Gasteiger partial charge in [-0.15, -0.1) is 0 Å². The van der Waals surface area contributed by atoms with Gasteiger partial charge in [0.15, 0.2) is 0 Å². The van der Waals surface area contributed by atoms with Crippen molar-refractivity contribution in [3.05, 3.63) is 87.1 Å². The largest absolute Gasteiger partial charge is 0.324 e. The van der Waals surface area contributed by atoms with Crippen LogP contribution in [0.5, 0.6) is 0 Å². The van der Waals surface area contributed by atoms with Gasteiger partial charge in [0.2, 0.25) is 5.91 Å². The Morgan fingerprint density at radius 3 is 2.49 bits per heavy atom. The van der Waals surface area contributed by atoms with Crippen LogP contribution in [-0.2, 0) is 16.0 Å². The fraction of sp³-hybridized carbons (Fsp3) is 0.250. The first kappa shape index (κ1) is 24.5. The number of amides is 3. The Morgan fingerprint density at radius 2 is 1.77 bits per heavy atom. The molecule has 35 heavy (non-hydrogen) atoms. The molecule has 7 heteroatoms. The molecular weight excluding hydrogens is 458 g/mol. The van der Waals surface area contributed by atoms with Crippen LogP contribution in [0, 0.1) is 27.7 Å². The number of benzene rings is 2. The topological polar surface area (TPSA) is 71.4 Å². The van der Waals surface area contributed by atoms with Gasteiger partial charge in [0, 0.05) is 22.8 Å². The average Bonchev–Trinajstić information content (AvgIpc) is 3.24. The molecule has 1 saturated heterocycles. The molecular formula is C28H29N3O3S. The number of aryl methyl sites for hydroxylation is 4. The van der Waals surface area contributed by atoms with Crippen LogP contribution in [0.1, 0.15) is 40.6 Å². The maximum atomic E-state index is 13.0. The van der Waals surface area contributed by atoms with Crippen molar-refractivity contribution < 1.29 is 14.4 Å². The molecule has 0 aliphatic carbocycles. The summed E-state index contributed by atoms with van der Waals surface area (Å²) in [5.74, 6) is -0.857. The zero-order valence-corrected chi connectivity index (χ0v) is 21.5. The molecule has 0 bridgehead atoms. The van der Waals surface area contributed by atoms with Crippen molar-refractivity contribution in [2.75, 3.05) is 11.9 Å². The first-order valence-electron chi connectivity index (χ1n) is 11.6. The van der Waals surface area contributed by atoms with Crippen LogP contribution in [0.25, 0.3) is 11.8 Å². The lowest BCUT2D eigenvalue weighted by atomic mass is 10.1. The maximum absolute atomic E-state index is 13.0. The summed E-state index contributed by atoms with van der Waals surface area (Å²) >= 11 is 0.867. The summed E-state index contributed by atoms with van der Waals surface area (Å²) in [6.07, 6.45) is 2.66. The van der Waals surface area contributed by atoms with E-state index in [1.54, 1.807) is 6.08 Å². The van der Waals surface area contributed by atoms with Crippen molar-refractivity contribution in [2.24, 2.45) is 0 Å². The molecule has 4 rings (SSSR count). The maximum Gasteiger partial charge on any atom is 0.294 e. The second kappa shape index (κ2) is 9.96. The molecule has 6 nitrogen and oxygen atoms in total. The molecule has 2 aromatic carbocycles. The van der Waals surface area contributed by atoms with E-state index in [4.69, 9.17) is 0 Å². The molecule has 1 aliphatic heterocycles. The Kier molecular flexibility index (Phi) is 6.98. The molecule has 1 aliphatic rings. The molecule has 0 unspecified atom stereocenters. The van der Waals surface area contributed by atoms with E-state index in [2.05, 4.69) is 28.9 Å². The van der Waals surface area contributed by atoms with Crippen molar-refractivity contribution in [3.63, 3.8) is 0 Å². The van der Waals surface area contributed by atoms with E-state index in [9.17, 15) is 14.4 Å². The van der Waals surface area contributed by atoms with Crippen LogP contribution >= 0.6 is 11.8 Å². The van der Waals surface area contributed by atoms with Gasteiger partial charge in [-0.3, -0.25) is 19.3 Å². The molecule has 0 radical (unpaired) electrons. The second-order valence-electron chi connectivity index (χ2n) is 8.78. The quantitative estimate of drug-likeness (QED) is 0.436. The predicted molar refractivity (Wildman–Crippen MR) is 142 cm³/mol. The average molecular weight is 488 g/mol. The van der Waals surface area contributed by atoms with Gasteiger partial charge in [0.25, 0.3) is 11.1 Å². The van der Waals surface area contributed by atoms with Gasteiger partial charge in [-0.05, 0) is 86.8 Å². The lowest BCUT2D eigenvalue weighted by molar-refractivity contribution is -0.127. The highest BCUT2D eigenvalue weighted by molar-refractivity contribution is 8.18. The third-order valence-electron chi connectivity index (χ3n) is 6.20. The molecule has 3 amide bonds. The number of imide groups is 1. The Labute approximate surface area is 210 Å². The molecule has 0 saturated carbocycles. The predicted octanol–water partition coefficient (Wildman–Crippen LogP) is 5.95. The number of carbonyl (C=O) groups excluding carboxylic acids is 3. The normalized spacial score (nSPS) is 14.8. The van der Waals surface area contributed by atoms with Gasteiger partial charge in [0.1, 0.15) is 6.54 Å². The molecule has 180 valence electrons. The molecule has 1 fully saturated rings. The number of aromatic nitrogens is 1. The second-order valence-corrected chi connectivity index (χ2v) is 9.77. The number of hydrogen-bond donors (Lipinski definition) is 1. The summed E-state index contributed by atoms with van der Waals surface area (Å²) < 4.78 is 2.17. The fourth-order valence-corrected chi connectivity index (χ4v) is 5.23. The fourth-order valence-electron chi connectivity index (χ4n) is 4.40. The molecule has 3 aromatic rings. The Morgan fingerprint density at radius 1 is 1.03 bits per heavy atom. The van der Waals surface area contributed by atoms with Crippen LogP contribution in [0.4, 0.5) is 10.5 Å². The van der Waals surface area contributed by atoms with Crippen LogP contribution in [0.2, 0.25) is 0 Å². The van der Waals surface area contributed by atoms with Gasteiger partial charge >= 0.3 is 0 Å². The zero-order chi connectivity index (χ0) is 25.3. The third-order valence-corrected chi connectivity index (χ3v) is 7.11. The monoisotopic (exact) mass is 487 g/mol. The third kappa shape index (κ3) is 4.95. The van der Waals surface area contributed by atoms with Gasteiger partial charge in [0.05, 0.1) is 4.91 Å². The van der Waals surface area contributed by atoms with Crippen molar-refractivity contribution in [3.8, 4) is 5.69 Å². The minimum Gasteiger partial charge on any atom is -0.324 e. The Hall–Kier alpha value is -3.58. The van der Waals surface area contributed by atoms with Crippen molar-refractivity contribution in [1.29, 1.82) is 0 Å². The van der Waals surface area contributed by atoms with E-state index in [1.807, 2.05) is 64.1 Å². The van der Waals surface area contributed by atoms with E-state index in [0.717, 1.165) is 56.8 Å². The van der Waals surface area contributed by atoms with Crippen molar-refractivity contribution in [2.45, 2.75) is 41.0 Å². The van der Waals surface area contributed by atoms with Gasteiger partial charge in [-0.2, -0.15) is 0 Å². The minimum absolute atomic E-state index is 0.318. The number of hydrogen-bond acceptors (Lipinski definition) is 4. The van der Waals surface area contributed by atoms with E-state index < -0.39 is 17.1 Å². The summed E-state index contributed by atoms with van der Waals surface area (Å²) in [5.41, 5.74) is 7.93. The molecule has 0 spiro atoms. The number of carbonyl (C=O) groups is 3. The zero-order valence-electron chi connectivity index (χ0n) is 20.6. The first-order valence-corrected chi connectivity index (χ1v) is 12.4. The lowest BCUT2D eigenvalue weighted by Crippen LogP contribution is -2.36. The summed E-state index contributed by atoms with van der Waals surface area (Å²) in [6, 6.07) is 16.0. The van der Waals surface area contributed by atoms with Crippen LogP contribution in [0.15, 0.2) is 53.4 Å². The highest BCUT2D eigenvalue weighted by atomic mass is 32.2. The molecule has 2 heterocycles. The smallest absolute Gasteiger partial charge is 0.294 e. The number of thioether (sulfide) groups is 1. The molecule has 0 atom stereocenters. The Bertz CT molecular complexity index is 1370. The van der Waals surface area contributed by atoms with E-state index >= 15 is 0 Å². The van der Waals surface area contributed by atoms with Gasteiger partial charge < -0.3 is 9.88 Å². The number of para-hydroxylation sites is 1. The van der Waals surface area contributed by atoms with Crippen molar-refractivity contribution in [1.82, 2.24) is 9.47 Å². The first-order chi connectivity index (χ1) is 16.7. The summed E-state index contributed by atoms with van der Waals surface area (Å²) in [6.45, 7) is 9.72. The lowest BCUT2D eigenvalue weighted by Gasteiger charge is -2.14. The van der Waals surface area contributed by atoms with Crippen LogP contribution in [0.3, 0.4) is 0 Å². The highest BCUT2D eigenvalue weighted by Crippen LogP contribution is 2.34. The number of anilines is 1. The molecule has 1 N–H and O–H groups in total. The van der Waals surface area contributed by atoms with Crippen molar-refractivity contribution >= 4 is 40.6 Å². The van der Waals surface area contributed by atoms with E-state index in [1.165, 1.54) is 5.56 Å². The Balaban J connectivity index is 1.55. The van der Waals surface area contributed by atoms with E-state index in [0.29, 0.717) is 10.6 Å². The number of rotatable bonds is 6. The minimum atomic E-state index is -0.450. The summed E-state index contributed by atoms with van der Waals surface area (Å²) in [5, 5.41) is 2.36. The molecule has 1 aromatic heterocycles.